The fourth-order valence-corrected chi connectivity index (χ4v) is 4.60. The van der Waals surface area contributed by atoms with Crippen molar-refractivity contribution >= 4 is 45.7 Å². The molecule has 32 heavy (non-hydrogen) atoms. The van der Waals surface area contributed by atoms with Gasteiger partial charge in [-0.15, -0.1) is 0 Å². The molecule has 3 aromatic rings. The molecular weight excluding hydrogens is 416 g/mol. The Hall–Kier alpha value is -2.93. The standard InChI is InChI=1S/C25H32N6S/c1-16-9-14-21(17(2)15-16)29-25(32)27-19-12-10-18(11-13-19)26-24-28-22-8-6-5-7-20(22)23(30-24)31(3)4/h5-9,14-15,18-19H,10-13H2,1-4H3,(H,26,28,30)(H2,27,29,32)/t18-,19+. The van der Waals surface area contributed by atoms with Crippen LogP contribution in [0.4, 0.5) is 17.5 Å². The first-order valence-electron chi connectivity index (χ1n) is 11.2. The number of nitrogens with one attached hydrogen (secondary N) is 3. The van der Waals surface area contributed by atoms with Crippen molar-refractivity contribution in [2.24, 2.45) is 0 Å². The predicted molar refractivity (Wildman–Crippen MR) is 139 cm³/mol. The summed E-state index contributed by atoms with van der Waals surface area (Å²) in [6.07, 6.45) is 4.22. The number of anilines is 3. The van der Waals surface area contributed by atoms with Gasteiger partial charge < -0.3 is 20.9 Å². The third kappa shape index (κ3) is 5.27. The maximum absolute atomic E-state index is 5.56. The zero-order chi connectivity index (χ0) is 22.7. The second-order valence-corrected chi connectivity index (χ2v) is 9.30. The molecule has 1 aromatic heterocycles. The minimum Gasteiger partial charge on any atom is -0.362 e. The van der Waals surface area contributed by atoms with Crippen LogP contribution in [0, 0.1) is 13.8 Å². The molecule has 1 aliphatic carbocycles. The van der Waals surface area contributed by atoms with Gasteiger partial charge in [-0.3, -0.25) is 0 Å². The molecule has 0 radical (unpaired) electrons. The van der Waals surface area contributed by atoms with Gasteiger partial charge in [0.2, 0.25) is 5.95 Å². The van der Waals surface area contributed by atoms with Crippen molar-refractivity contribution in [1.29, 1.82) is 0 Å². The summed E-state index contributed by atoms with van der Waals surface area (Å²) in [6.45, 7) is 4.20. The number of benzene rings is 2. The highest BCUT2D eigenvalue weighted by Gasteiger charge is 2.23. The fourth-order valence-electron chi connectivity index (χ4n) is 4.33. The third-order valence-electron chi connectivity index (χ3n) is 6.03. The topological polar surface area (TPSA) is 65.1 Å². The van der Waals surface area contributed by atoms with Crippen molar-refractivity contribution in [3.63, 3.8) is 0 Å². The van der Waals surface area contributed by atoms with E-state index in [1.807, 2.05) is 37.2 Å². The Labute approximate surface area is 195 Å². The molecule has 6 nitrogen and oxygen atoms in total. The number of thiocarbonyl (C=S) groups is 1. The van der Waals surface area contributed by atoms with Crippen LogP contribution in [0.15, 0.2) is 42.5 Å². The van der Waals surface area contributed by atoms with Crippen molar-refractivity contribution in [2.75, 3.05) is 29.6 Å². The minimum absolute atomic E-state index is 0.366. The van der Waals surface area contributed by atoms with E-state index in [1.54, 1.807) is 0 Å². The van der Waals surface area contributed by atoms with E-state index in [2.05, 4.69) is 54.1 Å². The number of hydrogen-bond acceptors (Lipinski definition) is 5. The summed E-state index contributed by atoms with van der Waals surface area (Å²) < 4.78 is 0. The molecule has 1 fully saturated rings. The van der Waals surface area contributed by atoms with Gasteiger partial charge >= 0.3 is 0 Å². The van der Waals surface area contributed by atoms with Crippen LogP contribution >= 0.6 is 12.2 Å². The van der Waals surface area contributed by atoms with Crippen LogP contribution in [-0.2, 0) is 0 Å². The molecule has 0 unspecified atom stereocenters. The van der Waals surface area contributed by atoms with E-state index in [-0.39, 0.29) is 0 Å². The molecule has 4 rings (SSSR count). The summed E-state index contributed by atoms with van der Waals surface area (Å²) >= 11 is 5.56. The van der Waals surface area contributed by atoms with E-state index in [0.29, 0.717) is 23.1 Å². The number of hydrogen-bond donors (Lipinski definition) is 3. The van der Waals surface area contributed by atoms with Crippen LogP contribution in [0.2, 0.25) is 0 Å². The second-order valence-electron chi connectivity index (χ2n) is 8.89. The number of fused-ring (bicyclic) bond motifs is 1. The first-order valence-corrected chi connectivity index (χ1v) is 11.7. The molecule has 0 amide bonds. The zero-order valence-electron chi connectivity index (χ0n) is 19.3. The Morgan fingerprint density at radius 2 is 1.69 bits per heavy atom. The summed E-state index contributed by atoms with van der Waals surface area (Å²) in [5.74, 6) is 1.65. The highest BCUT2D eigenvalue weighted by atomic mass is 32.1. The van der Waals surface area contributed by atoms with Gasteiger partial charge in [-0.25, -0.2) is 4.98 Å². The summed E-state index contributed by atoms with van der Waals surface area (Å²) in [6, 6.07) is 15.3. The lowest BCUT2D eigenvalue weighted by Gasteiger charge is -2.30. The first-order chi connectivity index (χ1) is 15.4. The number of aromatic nitrogens is 2. The van der Waals surface area contributed by atoms with Crippen molar-refractivity contribution in [1.82, 2.24) is 15.3 Å². The summed E-state index contributed by atoms with van der Waals surface area (Å²) in [5.41, 5.74) is 4.49. The largest absolute Gasteiger partial charge is 0.362 e. The molecule has 0 bridgehead atoms. The van der Waals surface area contributed by atoms with Gasteiger partial charge in [0, 0.05) is 37.3 Å². The van der Waals surface area contributed by atoms with Crippen LogP contribution in [0.1, 0.15) is 36.8 Å². The first kappa shape index (κ1) is 22.3. The number of rotatable bonds is 5. The van der Waals surface area contributed by atoms with Gasteiger partial charge in [-0.1, -0.05) is 29.8 Å². The van der Waals surface area contributed by atoms with E-state index in [1.165, 1.54) is 11.1 Å². The molecule has 7 heteroatoms. The zero-order valence-corrected chi connectivity index (χ0v) is 20.1. The molecule has 168 valence electrons. The van der Waals surface area contributed by atoms with Gasteiger partial charge in [-0.2, -0.15) is 4.98 Å². The van der Waals surface area contributed by atoms with Crippen LogP contribution in [0.3, 0.4) is 0 Å². The van der Waals surface area contributed by atoms with Crippen molar-refractivity contribution in [2.45, 2.75) is 51.6 Å². The lowest BCUT2D eigenvalue weighted by molar-refractivity contribution is 0.387. The van der Waals surface area contributed by atoms with Gasteiger partial charge in [0.25, 0.3) is 0 Å². The van der Waals surface area contributed by atoms with Crippen molar-refractivity contribution in [3.05, 3.63) is 53.6 Å². The lowest BCUT2D eigenvalue weighted by Crippen LogP contribution is -2.42. The van der Waals surface area contributed by atoms with E-state index < -0.39 is 0 Å². The molecule has 0 saturated heterocycles. The molecule has 2 aromatic carbocycles. The molecule has 0 atom stereocenters. The number of nitrogens with zero attached hydrogens (tertiary/aromatic N) is 3. The van der Waals surface area contributed by atoms with Gasteiger partial charge in [0.15, 0.2) is 5.11 Å². The third-order valence-corrected chi connectivity index (χ3v) is 6.25. The molecule has 0 aliphatic heterocycles. The van der Waals surface area contributed by atoms with Crippen LogP contribution < -0.4 is 20.9 Å². The normalized spacial score (nSPS) is 18.2. The molecule has 1 aliphatic rings. The minimum atomic E-state index is 0.366. The van der Waals surface area contributed by atoms with Gasteiger partial charge in [0.05, 0.1) is 5.52 Å². The lowest BCUT2D eigenvalue weighted by atomic mass is 9.91. The predicted octanol–water partition coefficient (Wildman–Crippen LogP) is 5.02. The van der Waals surface area contributed by atoms with Crippen molar-refractivity contribution < 1.29 is 0 Å². The highest BCUT2D eigenvalue weighted by molar-refractivity contribution is 7.80. The van der Waals surface area contributed by atoms with Gasteiger partial charge in [0.1, 0.15) is 5.82 Å². The Bertz CT molecular complexity index is 1100. The number of aryl methyl sites for hydroxylation is 2. The second kappa shape index (κ2) is 9.69. The molecule has 3 N–H and O–H groups in total. The molecular formula is C25H32N6S. The quantitative estimate of drug-likeness (QED) is 0.474. The molecule has 1 saturated carbocycles. The maximum Gasteiger partial charge on any atom is 0.225 e. The Kier molecular flexibility index (Phi) is 6.74. The van der Waals surface area contributed by atoms with Crippen molar-refractivity contribution in [3.8, 4) is 0 Å². The summed E-state index contributed by atoms with van der Waals surface area (Å²) in [4.78, 5) is 11.6. The Balaban J connectivity index is 1.32. The van der Waals surface area contributed by atoms with E-state index in [4.69, 9.17) is 22.2 Å². The monoisotopic (exact) mass is 448 g/mol. The van der Waals surface area contributed by atoms with Crippen LogP contribution in [0.25, 0.3) is 10.9 Å². The van der Waals surface area contributed by atoms with Gasteiger partial charge in [-0.05, 0) is 75.5 Å². The summed E-state index contributed by atoms with van der Waals surface area (Å²) in [7, 11) is 4.04. The SMILES string of the molecule is Cc1ccc(NC(=S)N[C@H]2CC[C@@H](Nc3nc(N(C)C)c4ccccc4n3)CC2)c(C)c1. The average Bonchev–Trinajstić information content (AvgIpc) is 2.76. The Morgan fingerprint density at radius 3 is 2.41 bits per heavy atom. The van der Waals surface area contributed by atoms with E-state index >= 15 is 0 Å². The van der Waals surface area contributed by atoms with Crippen LogP contribution in [0.5, 0.6) is 0 Å². The van der Waals surface area contributed by atoms with E-state index in [0.717, 1.165) is 48.1 Å². The van der Waals surface area contributed by atoms with Crippen LogP contribution in [-0.4, -0.2) is 41.3 Å². The smallest absolute Gasteiger partial charge is 0.225 e. The summed E-state index contributed by atoms with van der Waals surface area (Å²) in [5, 5.41) is 12.2. The molecule has 1 heterocycles. The van der Waals surface area contributed by atoms with E-state index in [9.17, 15) is 0 Å². The molecule has 0 spiro atoms. The Morgan fingerprint density at radius 1 is 0.969 bits per heavy atom. The number of para-hydroxylation sites is 1. The highest BCUT2D eigenvalue weighted by Crippen LogP contribution is 2.26. The average molecular weight is 449 g/mol. The maximum atomic E-state index is 5.56. The fraction of sp³-hybridized carbons (Fsp3) is 0.400.